The van der Waals surface area contributed by atoms with Crippen molar-refractivity contribution in [2.75, 3.05) is 0 Å². The Hall–Kier alpha value is -1.21. The molecule has 0 aliphatic carbocycles. The molecule has 0 atom stereocenters. The van der Waals surface area contributed by atoms with Gasteiger partial charge >= 0.3 is 0 Å². The average Bonchev–Trinajstić information content (AvgIpc) is 2.45. The first-order valence-electron chi connectivity index (χ1n) is 6.27. The molecule has 0 amide bonds. The summed E-state index contributed by atoms with van der Waals surface area (Å²) in [7, 11) is 0. The molecule has 0 aliphatic rings. The summed E-state index contributed by atoms with van der Waals surface area (Å²) in [5.41, 5.74) is 0. The Kier molecular flexibility index (Phi) is 10.5. The molecule has 0 heterocycles. The van der Waals surface area contributed by atoms with Gasteiger partial charge in [-0.05, 0) is 24.3 Å². The van der Waals surface area contributed by atoms with Crippen molar-refractivity contribution in [3.8, 4) is 0 Å². The normalized spacial score (nSPS) is 8.24. The Bertz CT molecular complexity index is 316. The Balaban J connectivity index is 0.000000581. The predicted molar refractivity (Wildman–Crippen MR) is 80.9 cm³/mol. The van der Waals surface area contributed by atoms with Crippen molar-refractivity contribution >= 4 is 11.8 Å². The lowest BCUT2D eigenvalue weighted by Crippen LogP contribution is -1.82. The largest absolute Gasteiger partial charge is 0.158 e. The van der Waals surface area contributed by atoms with E-state index in [0.717, 1.165) is 0 Å². The molecule has 1 heteroatoms. The van der Waals surface area contributed by atoms with Gasteiger partial charge in [0.15, 0.2) is 9.79 Å². The van der Waals surface area contributed by atoms with Gasteiger partial charge in [0, 0.05) is 11.8 Å². The maximum atomic E-state index is 2.15. The first kappa shape index (κ1) is 15.8. The molecule has 0 N–H and O–H groups in total. The van der Waals surface area contributed by atoms with Crippen LogP contribution in [-0.4, -0.2) is 0 Å². The molecule has 0 saturated carbocycles. The van der Waals surface area contributed by atoms with Crippen molar-refractivity contribution in [2.24, 2.45) is 0 Å². The lowest BCUT2D eigenvalue weighted by Gasteiger charge is -1.90. The molecule has 0 unspecified atom stereocenters. The van der Waals surface area contributed by atoms with Gasteiger partial charge in [0.05, 0.1) is 0 Å². The van der Waals surface area contributed by atoms with E-state index in [0.29, 0.717) is 0 Å². The third kappa shape index (κ3) is 6.85. The molecular formula is C16H23S+. The average molecular weight is 247 g/mol. The molecule has 0 nitrogen and oxygen atoms in total. The third-order valence-electron chi connectivity index (χ3n) is 1.77. The number of hydrogen-bond acceptors (Lipinski definition) is 0. The van der Waals surface area contributed by atoms with Crippen LogP contribution in [0.5, 0.6) is 0 Å². The number of hydrogen-bond donors (Lipinski definition) is 0. The summed E-state index contributed by atoms with van der Waals surface area (Å²) in [6.45, 7) is 8.00. The minimum Gasteiger partial charge on any atom is -0.0683 e. The zero-order valence-corrected chi connectivity index (χ0v) is 12.1. The van der Waals surface area contributed by atoms with Crippen LogP contribution in [0.3, 0.4) is 0 Å². The first-order valence-corrected chi connectivity index (χ1v) is 7.16. The highest BCUT2D eigenvalue weighted by Gasteiger charge is 2.03. The lowest BCUT2D eigenvalue weighted by molar-refractivity contribution is 1.40. The van der Waals surface area contributed by atoms with Gasteiger partial charge in [0.1, 0.15) is 0 Å². The summed E-state index contributed by atoms with van der Waals surface area (Å²) < 4.78 is 0. The van der Waals surface area contributed by atoms with Gasteiger partial charge in [0.2, 0.25) is 0 Å². The van der Waals surface area contributed by atoms with E-state index in [9.17, 15) is 0 Å². The van der Waals surface area contributed by atoms with Gasteiger partial charge in [-0.3, -0.25) is 0 Å². The van der Waals surface area contributed by atoms with E-state index in [1.807, 2.05) is 39.8 Å². The summed E-state index contributed by atoms with van der Waals surface area (Å²) in [4.78, 5) is 2.68. The van der Waals surface area contributed by atoms with Crippen LogP contribution in [0.25, 0.3) is 0 Å². The van der Waals surface area contributed by atoms with Crippen LogP contribution in [-0.2, 0) is 11.8 Å². The molecule has 0 saturated heterocycles. The lowest BCUT2D eigenvalue weighted by atomic mass is 10.4. The maximum Gasteiger partial charge on any atom is 0.158 e. The van der Waals surface area contributed by atoms with Crippen molar-refractivity contribution in [1.82, 2.24) is 0 Å². The third-order valence-corrected chi connectivity index (χ3v) is 2.88. The summed E-state index contributed by atoms with van der Waals surface area (Å²) in [6, 6.07) is 21.0. The Morgan fingerprint density at radius 2 is 0.824 bits per heavy atom. The van der Waals surface area contributed by atoms with Crippen LogP contribution in [0.4, 0.5) is 0 Å². The Morgan fingerprint density at radius 1 is 0.529 bits per heavy atom. The standard InChI is InChI=1S/C12H10S.2C2H6/c1-3-7-11(8-4-1)13-12-9-5-2-6-10-12;2*1-2/h1-10H;2*1-2H3/p+1. The Labute approximate surface area is 110 Å². The van der Waals surface area contributed by atoms with Crippen LogP contribution >= 0.6 is 0 Å². The van der Waals surface area contributed by atoms with Gasteiger partial charge in [-0.15, -0.1) is 0 Å². The van der Waals surface area contributed by atoms with Gasteiger partial charge < -0.3 is 0 Å². The highest BCUT2D eigenvalue weighted by Crippen LogP contribution is 2.10. The molecule has 0 fully saturated rings. The van der Waals surface area contributed by atoms with E-state index in [2.05, 4.69) is 48.5 Å². The second-order valence-electron chi connectivity index (χ2n) is 2.78. The smallest absolute Gasteiger partial charge is 0.0683 e. The zero-order valence-electron chi connectivity index (χ0n) is 11.2. The SMILES string of the molecule is CC.CC.c1ccc([SH+]c2ccccc2)cc1. The molecule has 2 rings (SSSR count). The second-order valence-corrected chi connectivity index (χ2v) is 4.04. The molecule has 0 spiro atoms. The molecule has 0 bridgehead atoms. The molecular weight excluding hydrogens is 224 g/mol. The molecule has 0 radical (unpaired) electrons. The van der Waals surface area contributed by atoms with E-state index in [1.54, 1.807) is 0 Å². The van der Waals surface area contributed by atoms with E-state index in [4.69, 9.17) is 0 Å². The predicted octanol–water partition coefficient (Wildman–Crippen LogP) is 4.97. The molecule has 0 aromatic heterocycles. The van der Waals surface area contributed by atoms with Crippen LogP contribution in [0.15, 0.2) is 70.5 Å². The quantitative estimate of drug-likeness (QED) is 0.519. The van der Waals surface area contributed by atoms with Crippen LogP contribution in [0.2, 0.25) is 0 Å². The summed E-state index contributed by atoms with van der Waals surface area (Å²) in [5.74, 6) is 0. The van der Waals surface area contributed by atoms with Gasteiger partial charge in [0.25, 0.3) is 0 Å². The van der Waals surface area contributed by atoms with Crippen molar-refractivity contribution in [2.45, 2.75) is 37.5 Å². The fraction of sp³-hybridized carbons (Fsp3) is 0.250. The topological polar surface area (TPSA) is 0 Å². The van der Waals surface area contributed by atoms with E-state index in [-0.39, 0.29) is 0 Å². The van der Waals surface area contributed by atoms with E-state index in [1.165, 1.54) is 21.6 Å². The fourth-order valence-corrected chi connectivity index (χ4v) is 2.09. The number of thiol groups is 1. The van der Waals surface area contributed by atoms with Gasteiger partial charge in [-0.2, -0.15) is 0 Å². The minimum atomic E-state index is 1.28. The van der Waals surface area contributed by atoms with Gasteiger partial charge in [-0.25, -0.2) is 0 Å². The number of benzene rings is 2. The van der Waals surface area contributed by atoms with Crippen molar-refractivity contribution in [3.63, 3.8) is 0 Å². The van der Waals surface area contributed by atoms with E-state index < -0.39 is 0 Å². The second kappa shape index (κ2) is 11.3. The van der Waals surface area contributed by atoms with Crippen molar-refractivity contribution in [1.29, 1.82) is 0 Å². The molecule has 92 valence electrons. The highest BCUT2D eigenvalue weighted by molar-refractivity contribution is 7.78. The summed E-state index contributed by atoms with van der Waals surface area (Å²) >= 11 is 1.28. The summed E-state index contributed by atoms with van der Waals surface area (Å²) in [6.07, 6.45) is 0. The minimum absolute atomic E-state index is 1.28. The fourth-order valence-electron chi connectivity index (χ4n) is 1.15. The Morgan fingerprint density at radius 3 is 1.12 bits per heavy atom. The van der Waals surface area contributed by atoms with Crippen LogP contribution < -0.4 is 0 Å². The van der Waals surface area contributed by atoms with Gasteiger partial charge in [-0.1, -0.05) is 64.1 Å². The van der Waals surface area contributed by atoms with Crippen molar-refractivity contribution < 1.29 is 0 Å². The zero-order chi connectivity index (χ0) is 12.9. The van der Waals surface area contributed by atoms with Crippen LogP contribution in [0.1, 0.15) is 27.7 Å². The van der Waals surface area contributed by atoms with Crippen molar-refractivity contribution in [3.05, 3.63) is 60.7 Å². The first-order chi connectivity index (χ1) is 8.45. The monoisotopic (exact) mass is 247 g/mol. The molecule has 0 aliphatic heterocycles. The maximum absolute atomic E-state index is 2.15. The number of rotatable bonds is 2. The highest BCUT2D eigenvalue weighted by atomic mass is 32.2. The van der Waals surface area contributed by atoms with Crippen LogP contribution in [0, 0.1) is 0 Å². The molecule has 2 aromatic rings. The molecule has 2 aromatic carbocycles. The molecule has 17 heavy (non-hydrogen) atoms. The summed E-state index contributed by atoms with van der Waals surface area (Å²) in [5, 5.41) is 0. The van der Waals surface area contributed by atoms with E-state index >= 15 is 0 Å².